The molecule has 1 aromatic heterocycles. The maximum absolute atomic E-state index is 4.93. The van der Waals surface area contributed by atoms with Gasteiger partial charge in [0, 0.05) is 5.56 Å². The number of aromatic nitrogens is 2. The van der Waals surface area contributed by atoms with E-state index in [4.69, 9.17) is 10.1 Å². The topological polar surface area (TPSA) is 30.2 Å². The molecule has 0 radical (unpaired) electrons. The van der Waals surface area contributed by atoms with Crippen molar-refractivity contribution in [3.05, 3.63) is 77.5 Å². The van der Waals surface area contributed by atoms with E-state index in [0.717, 1.165) is 35.8 Å². The van der Waals surface area contributed by atoms with Crippen molar-refractivity contribution in [3.8, 4) is 5.69 Å². The molecule has 2 heterocycles. The molecule has 22 heavy (non-hydrogen) atoms. The number of fused-ring (bicyclic) bond motifs is 1. The average Bonchev–Trinajstić information content (AvgIpc) is 2.93. The first-order chi connectivity index (χ1) is 10.8. The Balaban J connectivity index is 1.86. The summed E-state index contributed by atoms with van der Waals surface area (Å²) in [6, 6.07) is 20.6. The van der Waals surface area contributed by atoms with Gasteiger partial charge < -0.3 is 0 Å². The second kappa shape index (κ2) is 5.26. The van der Waals surface area contributed by atoms with Gasteiger partial charge in [-0.15, -0.1) is 0 Å². The lowest BCUT2D eigenvalue weighted by molar-refractivity contribution is 0.861. The van der Waals surface area contributed by atoms with Crippen molar-refractivity contribution in [2.24, 2.45) is 4.99 Å². The quantitative estimate of drug-likeness (QED) is 0.693. The largest absolute Gasteiger partial charge is 0.233 e. The van der Waals surface area contributed by atoms with Crippen LogP contribution in [-0.2, 0) is 6.42 Å². The van der Waals surface area contributed by atoms with Gasteiger partial charge in [-0.25, -0.2) is 9.67 Å². The van der Waals surface area contributed by atoms with Crippen LogP contribution in [0.2, 0.25) is 0 Å². The van der Waals surface area contributed by atoms with Crippen LogP contribution in [0.5, 0.6) is 0 Å². The monoisotopic (exact) mass is 287 g/mol. The Hall–Kier alpha value is -2.68. The highest BCUT2D eigenvalue weighted by molar-refractivity contribution is 6.03. The SMILES string of the molecule is Cc1nn(-c2ccccc2)c2c1CCC(c1ccccc1)=N2. The Kier molecular flexibility index (Phi) is 3.11. The highest BCUT2D eigenvalue weighted by Gasteiger charge is 2.21. The molecule has 108 valence electrons. The number of para-hydroxylation sites is 1. The van der Waals surface area contributed by atoms with E-state index < -0.39 is 0 Å². The first kappa shape index (κ1) is 13.0. The zero-order valence-corrected chi connectivity index (χ0v) is 12.5. The fourth-order valence-electron chi connectivity index (χ4n) is 2.97. The van der Waals surface area contributed by atoms with Crippen molar-refractivity contribution >= 4 is 11.5 Å². The molecule has 1 aliphatic rings. The lowest BCUT2D eigenvalue weighted by Crippen LogP contribution is -2.08. The van der Waals surface area contributed by atoms with Crippen molar-refractivity contribution in [2.75, 3.05) is 0 Å². The van der Waals surface area contributed by atoms with E-state index in [9.17, 15) is 0 Å². The van der Waals surface area contributed by atoms with Crippen molar-refractivity contribution in [2.45, 2.75) is 19.8 Å². The van der Waals surface area contributed by atoms with Crippen molar-refractivity contribution in [1.82, 2.24) is 9.78 Å². The molecule has 0 aliphatic carbocycles. The first-order valence-electron chi connectivity index (χ1n) is 7.60. The van der Waals surface area contributed by atoms with Crippen LogP contribution in [0.25, 0.3) is 5.69 Å². The average molecular weight is 287 g/mol. The molecule has 0 amide bonds. The molecule has 0 saturated carbocycles. The summed E-state index contributed by atoms with van der Waals surface area (Å²) in [7, 11) is 0. The number of hydrogen-bond donors (Lipinski definition) is 0. The predicted octanol–water partition coefficient (Wildman–Crippen LogP) is 4.25. The molecule has 0 atom stereocenters. The van der Waals surface area contributed by atoms with Crippen molar-refractivity contribution < 1.29 is 0 Å². The smallest absolute Gasteiger partial charge is 0.159 e. The third-order valence-electron chi connectivity index (χ3n) is 4.12. The van der Waals surface area contributed by atoms with Gasteiger partial charge in [0.15, 0.2) is 5.82 Å². The lowest BCUT2D eigenvalue weighted by atomic mass is 9.99. The zero-order valence-electron chi connectivity index (χ0n) is 12.5. The maximum Gasteiger partial charge on any atom is 0.159 e. The molecule has 0 fully saturated rings. The lowest BCUT2D eigenvalue weighted by Gasteiger charge is -2.14. The van der Waals surface area contributed by atoms with Crippen LogP contribution in [0.3, 0.4) is 0 Å². The molecular formula is C19H17N3. The Labute approximate surface area is 130 Å². The maximum atomic E-state index is 4.93. The van der Waals surface area contributed by atoms with E-state index in [1.807, 2.05) is 28.9 Å². The number of aryl methyl sites for hydroxylation is 1. The van der Waals surface area contributed by atoms with Gasteiger partial charge in [-0.1, -0.05) is 48.5 Å². The Bertz CT molecular complexity index is 830. The molecule has 0 N–H and O–H groups in total. The van der Waals surface area contributed by atoms with Crippen LogP contribution in [0.15, 0.2) is 65.7 Å². The van der Waals surface area contributed by atoms with Gasteiger partial charge in [0.05, 0.1) is 17.1 Å². The van der Waals surface area contributed by atoms with Crippen molar-refractivity contribution in [3.63, 3.8) is 0 Å². The molecule has 3 aromatic rings. The summed E-state index contributed by atoms with van der Waals surface area (Å²) < 4.78 is 1.97. The van der Waals surface area contributed by atoms with E-state index in [-0.39, 0.29) is 0 Å². The molecule has 0 bridgehead atoms. The standard InChI is InChI=1S/C19H17N3/c1-14-17-12-13-18(15-8-4-2-5-9-15)20-19(17)22(21-14)16-10-6-3-7-11-16/h2-11H,12-13H2,1H3. The second-order valence-electron chi connectivity index (χ2n) is 5.56. The van der Waals surface area contributed by atoms with E-state index in [1.165, 1.54) is 11.1 Å². The summed E-state index contributed by atoms with van der Waals surface area (Å²) in [4.78, 5) is 4.93. The number of benzene rings is 2. The Morgan fingerprint density at radius 1 is 0.864 bits per heavy atom. The van der Waals surface area contributed by atoms with Gasteiger partial charge in [0.2, 0.25) is 0 Å². The van der Waals surface area contributed by atoms with Crippen LogP contribution >= 0.6 is 0 Å². The van der Waals surface area contributed by atoms with E-state index in [0.29, 0.717) is 0 Å². The first-order valence-corrected chi connectivity index (χ1v) is 7.60. The molecule has 3 heteroatoms. The number of rotatable bonds is 2. The molecule has 2 aromatic carbocycles. The molecule has 3 nitrogen and oxygen atoms in total. The minimum absolute atomic E-state index is 0.971. The number of aliphatic imine (C=N–C) groups is 1. The normalized spacial score (nSPS) is 13.6. The molecular weight excluding hydrogens is 270 g/mol. The minimum Gasteiger partial charge on any atom is -0.233 e. The van der Waals surface area contributed by atoms with Gasteiger partial charge in [-0.05, 0) is 37.5 Å². The van der Waals surface area contributed by atoms with E-state index >= 15 is 0 Å². The molecule has 0 unspecified atom stereocenters. The predicted molar refractivity (Wildman–Crippen MR) is 89.3 cm³/mol. The summed E-state index contributed by atoms with van der Waals surface area (Å²) in [5.74, 6) is 0.980. The van der Waals surface area contributed by atoms with Crippen LogP contribution in [0.1, 0.15) is 23.2 Å². The zero-order chi connectivity index (χ0) is 14.9. The highest BCUT2D eigenvalue weighted by Crippen LogP contribution is 2.32. The number of hydrogen-bond acceptors (Lipinski definition) is 2. The van der Waals surface area contributed by atoms with Crippen LogP contribution in [0, 0.1) is 6.92 Å². The molecule has 0 spiro atoms. The molecule has 4 rings (SSSR count). The summed E-state index contributed by atoms with van der Waals surface area (Å²) in [6.07, 6.45) is 1.97. The van der Waals surface area contributed by atoms with E-state index in [1.54, 1.807) is 0 Å². The van der Waals surface area contributed by atoms with Crippen LogP contribution in [0.4, 0.5) is 5.82 Å². The molecule has 0 saturated heterocycles. The van der Waals surface area contributed by atoms with Gasteiger partial charge in [0.1, 0.15) is 0 Å². The Morgan fingerprint density at radius 3 is 2.27 bits per heavy atom. The fourth-order valence-corrected chi connectivity index (χ4v) is 2.97. The van der Waals surface area contributed by atoms with Gasteiger partial charge >= 0.3 is 0 Å². The van der Waals surface area contributed by atoms with Crippen LogP contribution < -0.4 is 0 Å². The van der Waals surface area contributed by atoms with Crippen LogP contribution in [-0.4, -0.2) is 15.5 Å². The third-order valence-corrected chi connectivity index (χ3v) is 4.12. The van der Waals surface area contributed by atoms with Gasteiger partial charge in [-0.2, -0.15) is 5.10 Å². The number of nitrogens with zero attached hydrogens (tertiary/aromatic N) is 3. The summed E-state index contributed by atoms with van der Waals surface area (Å²) in [5, 5.41) is 4.70. The Morgan fingerprint density at radius 2 is 1.55 bits per heavy atom. The van der Waals surface area contributed by atoms with Gasteiger partial charge in [0.25, 0.3) is 0 Å². The summed E-state index contributed by atoms with van der Waals surface area (Å²) >= 11 is 0. The molecule has 1 aliphatic heterocycles. The third kappa shape index (κ3) is 2.15. The minimum atomic E-state index is 0.971. The summed E-state index contributed by atoms with van der Waals surface area (Å²) in [6.45, 7) is 2.07. The second-order valence-corrected chi connectivity index (χ2v) is 5.56. The highest BCUT2D eigenvalue weighted by atomic mass is 15.3. The summed E-state index contributed by atoms with van der Waals surface area (Å²) in [5.41, 5.74) is 5.75. The van der Waals surface area contributed by atoms with E-state index in [2.05, 4.69) is 43.3 Å². The van der Waals surface area contributed by atoms with Crippen molar-refractivity contribution in [1.29, 1.82) is 0 Å². The fraction of sp³-hybridized carbons (Fsp3) is 0.158. The van der Waals surface area contributed by atoms with Gasteiger partial charge in [-0.3, -0.25) is 0 Å².